The van der Waals surface area contributed by atoms with Crippen molar-refractivity contribution in [1.82, 2.24) is 9.80 Å². The van der Waals surface area contributed by atoms with Gasteiger partial charge in [0.15, 0.2) is 0 Å². The molecule has 2 aromatic rings. The van der Waals surface area contributed by atoms with Crippen LogP contribution in [0.3, 0.4) is 0 Å². The van der Waals surface area contributed by atoms with Crippen molar-refractivity contribution in [2.45, 2.75) is 38.7 Å². The van der Waals surface area contributed by atoms with Crippen LogP contribution in [0, 0.1) is 5.92 Å². The number of nitrogens with one attached hydrogen (secondary N) is 1. The summed E-state index contributed by atoms with van der Waals surface area (Å²) in [5, 5.41) is 3.85. The van der Waals surface area contributed by atoms with E-state index in [0.29, 0.717) is 23.1 Å². The normalized spacial score (nSPS) is 14.1. The minimum atomic E-state index is -0.210. The number of ether oxygens (including phenoxy) is 1. The summed E-state index contributed by atoms with van der Waals surface area (Å²) in [4.78, 5) is 27.7. The molecular weight excluding hydrogens is 438 g/mol. The Morgan fingerprint density at radius 1 is 1.09 bits per heavy atom. The van der Waals surface area contributed by atoms with E-state index in [2.05, 4.69) is 5.32 Å². The molecule has 1 N–H and O–H groups in total. The zero-order valence-electron chi connectivity index (χ0n) is 19.6. The van der Waals surface area contributed by atoms with Crippen molar-refractivity contribution in [2.75, 3.05) is 39.0 Å². The fraction of sp³-hybridized carbons (Fsp3) is 0.462. The summed E-state index contributed by atoms with van der Waals surface area (Å²) in [6.07, 6.45) is 5.23. The molecule has 0 bridgehead atoms. The van der Waals surface area contributed by atoms with Gasteiger partial charge in [0, 0.05) is 39.4 Å². The van der Waals surface area contributed by atoms with Crippen LogP contribution in [0.5, 0.6) is 0 Å². The first-order chi connectivity index (χ1) is 15.9. The molecule has 0 spiro atoms. The molecule has 6 nitrogen and oxygen atoms in total. The highest BCUT2D eigenvalue weighted by molar-refractivity contribution is 6.34. The number of carbonyl (C=O) groups is 2. The van der Waals surface area contributed by atoms with Crippen molar-refractivity contribution in [3.8, 4) is 0 Å². The third-order valence-corrected chi connectivity index (χ3v) is 6.36. The summed E-state index contributed by atoms with van der Waals surface area (Å²) in [7, 11) is 3.43. The lowest BCUT2D eigenvalue weighted by Crippen LogP contribution is -2.38. The van der Waals surface area contributed by atoms with Gasteiger partial charge in [-0.25, -0.2) is 4.79 Å². The molecule has 1 heterocycles. The molecule has 1 aliphatic rings. The van der Waals surface area contributed by atoms with Crippen LogP contribution < -0.4 is 5.32 Å². The number of nitrogens with zero attached hydrogens (tertiary/aromatic N) is 2. The van der Waals surface area contributed by atoms with Crippen LogP contribution in [-0.2, 0) is 11.3 Å². The maximum absolute atomic E-state index is 12.3. The van der Waals surface area contributed by atoms with Crippen molar-refractivity contribution in [3.63, 3.8) is 0 Å². The molecule has 0 saturated carbocycles. The lowest BCUT2D eigenvalue weighted by molar-refractivity contribution is 0.0810. The molecule has 2 amide bonds. The molecular formula is C26H34ClN3O3. The molecule has 0 atom stereocenters. The van der Waals surface area contributed by atoms with E-state index in [1.54, 1.807) is 20.2 Å². The molecule has 0 radical (unpaired) electrons. The van der Waals surface area contributed by atoms with Gasteiger partial charge >= 0.3 is 6.09 Å². The molecule has 1 fully saturated rings. The Labute approximate surface area is 201 Å². The molecule has 7 heteroatoms. The average molecular weight is 472 g/mol. The van der Waals surface area contributed by atoms with Crippen LogP contribution in [0.1, 0.15) is 48.0 Å². The Bertz CT molecular complexity index is 912. The van der Waals surface area contributed by atoms with E-state index in [1.165, 1.54) is 11.3 Å². The van der Waals surface area contributed by atoms with Crippen molar-refractivity contribution in [2.24, 2.45) is 5.92 Å². The van der Waals surface area contributed by atoms with E-state index in [9.17, 15) is 9.59 Å². The number of likely N-dealkylation sites (tertiary alicyclic amines) is 1. The average Bonchev–Trinajstić information content (AvgIpc) is 2.83. The van der Waals surface area contributed by atoms with Crippen molar-refractivity contribution in [1.29, 1.82) is 0 Å². The van der Waals surface area contributed by atoms with Crippen molar-refractivity contribution >= 4 is 29.3 Å². The monoisotopic (exact) mass is 471 g/mol. The van der Waals surface area contributed by atoms with Gasteiger partial charge in [0.2, 0.25) is 0 Å². The Morgan fingerprint density at radius 2 is 1.82 bits per heavy atom. The van der Waals surface area contributed by atoms with Gasteiger partial charge in [0.05, 0.1) is 10.6 Å². The predicted molar refractivity (Wildman–Crippen MR) is 133 cm³/mol. The number of anilines is 1. The first kappa shape index (κ1) is 24.9. The van der Waals surface area contributed by atoms with Gasteiger partial charge < -0.3 is 19.9 Å². The Balaban J connectivity index is 1.29. The van der Waals surface area contributed by atoms with E-state index in [1.807, 2.05) is 47.4 Å². The maximum Gasteiger partial charge on any atom is 0.410 e. The van der Waals surface area contributed by atoms with Gasteiger partial charge in [0.25, 0.3) is 5.91 Å². The number of piperidine rings is 1. The molecule has 0 aromatic heterocycles. The second kappa shape index (κ2) is 12.5. The molecule has 2 aromatic carbocycles. The number of benzene rings is 2. The number of hydrogen-bond donors (Lipinski definition) is 1. The van der Waals surface area contributed by atoms with Crippen LogP contribution in [0.15, 0.2) is 48.5 Å². The fourth-order valence-electron chi connectivity index (χ4n) is 4.04. The van der Waals surface area contributed by atoms with E-state index < -0.39 is 0 Å². The number of carbonyl (C=O) groups excluding carboxylic acids is 2. The second-order valence-corrected chi connectivity index (χ2v) is 9.19. The summed E-state index contributed by atoms with van der Waals surface area (Å²) in [5.74, 6) is 0.566. The second-order valence-electron chi connectivity index (χ2n) is 8.79. The van der Waals surface area contributed by atoms with Gasteiger partial charge in [-0.3, -0.25) is 4.79 Å². The van der Waals surface area contributed by atoms with Gasteiger partial charge in [0.1, 0.15) is 6.61 Å². The number of halogens is 1. The molecule has 33 heavy (non-hydrogen) atoms. The van der Waals surface area contributed by atoms with E-state index >= 15 is 0 Å². The zero-order chi connectivity index (χ0) is 23.6. The van der Waals surface area contributed by atoms with Crippen LogP contribution in [-0.4, -0.2) is 55.5 Å². The number of rotatable bonds is 9. The topological polar surface area (TPSA) is 61.9 Å². The Kier molecular flexibility index (Phi) is 9.43. The summed E-state index contributed by atoms with van der Waals surface area (Å²) in [6, 6.07) is 15.3. The third-order valence-electron chi connectivity index (χ3n) is 6.05. The zero-order valence-corrected chi connectivity index (χ0v) is 20.3. The summed E-state index contributed by atoms with van der Waals surface area (Å²) in [6.45, 7) is 2.73. The van der Waals surface area contributed by atoms with Gasteiger partial charge in [-0.1, -0.05) is 54.8 Å². The van der Waals surface area contributed by atoms with E-state index in [0.717, 1.165) is 56.6 Å². The Hall–Kier alpha value is -2.73. The number of amides is 2. The minimum absolute atomic E-state index is 0.0953. The number of unbranched alkanes of at least 4 members (excludes halogenated alkanes) is 1. The first-order valence-corrected chi connectivity index (χ1v) is 12.0. The highest BCUT2D eigenvalue weighted by Gasteiger charge is 2.23. The van der Waals surface area contributed by atoms with Crippen LogP contribution in [0.2, 0.25) is 5.02 Å². The van der Waals surface area contributed by atoms with E-state index in [-0.39, 0.29) is 12.0 Å². The number of hydrogen-bond acceptors (Lipinski definition) is 4. The van der Waals surface area contributed by atoms with Gasteiger partial charge in [-0.05, 0) is 48.9 Å². The standard InChI is InChI=1S/C26H34ClN3O3/c1-29(2)25(31)23-12-11-22(18-24(23)27)28-15-7-6-8-20-13-16-30(17-14-20)26(32)33-19-21-9-4-3-5-10-21/h3-5,9-12,18,20,28H,6-8,13-17,19H2,1-2H3. The molecule has 0 unspecified atom stereocenters. The van der Waals surface area contributed by atoms with Crippen molar-refractivity contribution < 1.29 is 14.3 Å². The smallest absolute Gasteiger partial charge is 0.410 e. The molecule has 3 rings (SSSR count). The first-order valence-electron chi connectivity index (χ1n) is 11.6. The van der Waals surface area contributed by atoms with Gasteiger partial charge in [-0.2, -0.15) is 0 Å². The molecule has 1 saturated heterocycles. The summed E-state index contributed by atoms with van der Waals surface area (Å²) < 4.78 is 5.45. The molecule has 1 aliphatic heterocycles. The van der Waals surface area contributed by atoms with Crippen LogP contribution >= 0.6 is 11.6 Å². The Morgan fingerprint density at radius 3 is 2.48 bits per heavy atom. The summed E-state index contributed by atoms with van der Waals surface area (Å²) >= 11 is 6.27. The lowest BCUT2D eigenvalue weighted by atomic mass is 9.92. The highest BCUT2D eigenvalue weighted by atomic mass is 35.5. The van der Waals surface area contributed by atoms with Crippen LogP contribution in [0.4, 0.5) is 10.5 Å². The summed E-state index contributed by atoms with van der Waals surface area (Å²) in [5.41, 5.74) is 2.45. The van der Waals surface area contributed by atoms with Crippen molar-refractivity contribution in [3.05, 3.63) is 64.7 Å². The minimum Gasteiger partial charge on any atom is -0.445 e. The SMILES string of the molecule is CN(C)C(=O)c1ccc(NCCCCC2CCN(C(=O)OCc3ccccc3)CC2)cc1Cl. The maximum atomic E-state index is 12.3. The van der Waals surface area contributed by atoms with E-state index in [4.69, 9.17) is 16.3 Å². The third kappa shape index (κ3) is 7.67. The molecule has 178 valence electrons. The fourth-order valence-corrected chi connectivity index (χ4v) is 4.31. The van der Waals surface area contributed by atoms with Crippen LogP contribution in [0.25, 0.3) is 0 Å². The lowest BCUT2D eigenvalue weighted by Gasteiger charge is -2.31. The quantitative estimate of drug-likeness (QED) is 0.478. The predicted octanol–water partition coefficient (Wildman–Crippen LogP) is 5.67. The van der Waals surface area contributed by atoms with Gasteiger partial charge in [-0.15, -0.1) is 0 Å². The largest absolute Gasteiger partial charge is 0.445 e. The molecule has 0 aliphatic carbocycles. The highest BCUT2D eigenvalue weighted by Crippen LogP contribution is 2.24.